The molecule has 0 fully saturated rings. The van der Waals surface area contributed by atoms with Gasteiger partial charge in [0.2, 0.25) is 5.96 Å². The maximum Gasteiger partial charge on any atom is 0.275 e. The molecule has 1 aromatic heterocycles. The Morgan fingerprint density at radius 3 is 2.90 bits per heavy atom. The van der Waals surface area contributed by atoms with Gasteiger partial charge in [0.05, 0.1) is 16.1 Å². The van der Waals surface area contributed by atoms with Gasteiger partial charge in [-0.05, 0) is 19.4 Å². The molecule has 2 rings (SSSR count). The summed E-state index contributed by atoms with van der Waals surface area (Å²) < 4.78 is 27.2. The summed E-state index contributed by atoms with van der Waals surface area (Å²) in [4.78, 5) is 4.39. The summed E-state index contributed by atoms with van der Waals surface area (Å²) in [5.41, 5.74) is 0.498. The molecule has 112 valence electrons. The van der Waals surface area contributed by atoms with E-state index in [-0.39, 0.29) is 16.2 Å². The zero-order valence-electron chi connectivity index (χ0n) is 11.4. The Hall–Kier alpha value is -0.790. The van der Waals surface area contributed by atoms with E-state index < -0.39 is 10.0 Å². The average molecular weight is 336 g/mol. The van der Waals surface area contributed by atoms with Gasteiger partial charge in [-0.2, -0.15) is 0 Å². The maximum atomic E-state index is 12.1. The van der Waals surface area contributed by atoms with Crippen molar-refractivity contribution in [3.63, 3.8) is 0 Å². The van der Waals surface area contributed by atoms with Gasteiger partial charge in [0.25, 0.3) is 10.0 Å². The molecule has 1 unspecified atom stereocenters. The van der Waals surface area contributed by atoms with Gasteiger partial charge in [0.15, 0.2) is 4.21 Å². The van der Waals surface area contributed by atoms with Crippen LogP contribution < -0.4 is 10.0 Å². The van der Waals surface area contributed by atoms with Gasteiger partial charge < -0.3 is 5.32 Å². The van der Waals surface area contributed by atoms with E-state index in [2.05, 4.69) is 22.0 Å². The molecule has 0 radical (unpaired) electrons. The molecule has 5 nitrogen and oxygen atoms in total. The van der Waals surface area contributed by atoms with Crippen LogP contribution in [-0.4, -0.2) is 20.4 Å². The highest BCUT2D eigenvalue weighted by atomic mass is 35.5. The number of aliphatic imine (C=N–C) groups is 1. The van der Waals surface area contributed by atoms with E-state index in [1.165, 1.54) is 6.42 Å². The summed E-state index contributed by atoms with van der Waals surface area (Å²) in [6.07, 6.45) is 4.36. The molecule has 1 atom stereocenters. The molecular weight excluding hydrogens is 318 g/mol. The van der Waals surface area contributed by atoms with Gasteiger partial charge in [-0.15, -0.1) is 11.3 Å². The Kier molecular flexibility index (Phi) is 4.93. The smallest absolute Gasteiger partial charge is 0.275 e. The second-order valence-electron chi connectivity index (χ2n) is 4.80. The van der Waals surface area contributed by atoms with Crippen LogP contribution in [0, 0.1) is 0 Å². The SMILES string of the molecule is CCCCCC(C)N=C1Nc2cc(Cl)sc2S(=O)(=O)N1. The summed E-state index contributed by atoms with van der Waals surface area (Å²) in [5, 5.41) is 2.98. The van der Waals surface area contributed by atoms with Gasteiger partial charge in [-0.25, -0.2) is 18.1 Å². The van der Waals surface area contributed by atoms with Crippen LogP contribution in [0.25, 0.3) is 0 Å². The maximum absolute atomic E-state index is 12.1. The number of anilines is 1. The Bertz CT molecular complexity index is 610. The van der Waals surface area contributed by atoms with Gasteiger partial charge in [-0.1, -0.05) is 37.8 Å². The van der Waals surface area contributed by atoms with Crippen LogP contribution in [0.1, 0.15) is 39.5 Å². The summed E-state index contributed by atoms with van der Waals surface area (Å²) in [5.74, 6) is 0.274. The van der Waals surface area contributed by atoms with Gasteiger partial charge in [0, 0.05) is 0 Å². The molecule has 0 saturated heterocycles. The molecular formula is C12H18ClN3O2S2. The number of halogens is 1. The molecule has 0 saturated carbocycles. The lowest BCUT2D eigenvalue weighted by Gasteiger charge is -2.19. The number of sulfonamides is 1. The lowest BCUT2D eigenvalue weighted by atomic mass is 10.1. The fourth-order valence-electron chi connectivity index (χ4n) is 1.99. The second kappa shape index (κ2) is 6.32. The number of hydrogen-bond acceptors (Lipinski definition) is 4. The Morgan fingerprint density at radius 2 is 2.20 bits per heavy atom. The van der Waals surface area contributed by atoms with Crippen molar-refractivity contribution in [3.8, 4) is 0 Å². The highest BCUT2D eigenvalue weighted by Crippen LogP contribution is 2.36. The van der Waals surface area contributed by atoms with E-state index in [4.69, 9.17) is 11.6 Å². The van der Waals surface area contributed by atoms with Crippen molar-refractivity contribution in [1.82, 2.24) is 4.72 Å². The van der Waals surface area contributed by atoms with Crippen LogP contribution in [-0.2, 0) is 10.0 Å². The van der Waals surface area contributed by atoms with Crippen molar-refractivity contribution in [3.05, 3.63) is 10.4 Å². The van der Waals surface area contributed by atoms with Crippen LogP contribution in [0.2, 0.25) is 4.34 Å². The van der Waals surface area contributed by atoms with Crippen molar-refractivity contribution in [2.75, 3.05) is 5.32 Å². The number of thiophene rings is 1. The van der Waals surface area contributed by atoms with E-state index in [1.54, 1.807) is 6.07 Å². The minimum Gasteiger partial charge on any atom is -0.324 e. The zero-order chi connectivity index (χ0) is 14.8. The number of nitrogens with zero attached hydrogens (tertiary/aromatic N) is 1. The standard InChI is InChI=1S/C12H18ClN3O2S2/c1-3-4-5-6-8(2)14-12-15-9-7-10(13)19-11(9)20(17,18)16-12/h7-8H,3-6H2,1-2H3,(H2,14,15,16). The summed E-state index contributed by atoms with van der Waals surface area (Å²) in [6, 6.07) is 1.68. The molecule has 1 aromatic rings. The predicted octanol–water partition coefficient (Wildman–Crippen LogP) is 3.43. The van der Waals surface area contributed by atoms with Crippen molar-refractivity contribution in [2.24, 2.45) is 4.99 Å². The highest BCUT2D eigenvalue weighted by molar-refractivity contribution is 7.92. The highest BCUT2D eigenvalue weighted by Gasteiger charge is 2.29. The van der Waals surface area contributed by atoms with E-state index in [0.29, 0.717) is 10.0 Å². The molecule has 20 heavy (non-hydrogen) atoms. The molecule has 2 N–H and O–H groups in total. The van der Waals surface area contributed by atoms with Gasteiger partial charge in [-0.3, -0.25) is 0 Å². The Balaban J connectivity index is 2.13. The minimum absolute atomic E-state index is 0.0717. The zero-order valence-corrected chi connectivity index (χ0v) is 13.8. The first kappa shape index (κ1) is 15.6. The summed E-state index contributed by atoms with van der Waals surface area (Å²) in [6.45, 7) is 4.13. The molecule has 2 heterocycles. The number of unbranched alkanes of at least 4 members (excludes halogenated alkanes) is 2. The van der Waals surface area contributed by atoms with Crippen LogP contribution >= 0.6 is 22.9 Å². The third-order valence-corrected chi connectivity index (χ3v) is 6.11. The summed E-state index contributed by atoms with van der Waals surface area (Å²) >= 11 is 6.89. The van der Waals surface area contributed by atoms with Crippen LogP contribution in [0.15, 0.2) is 15.3 Å². The van der Waals surface area contributed by atoms with Gasteiger partial charge >= 0.3 is 0 Å². The predicted molar refractivity (Wildman–Crippen MR) is 84.3 cm³/mol. The Morgan fingerprint density at radius 1 is 1.45 bits per heavy atom. The molecule has 1 aliphatic heterocycles. The minimum atomic E-state index is -3.55. The average Bonchev–Trinajstić information content (AvgIpc) is 2.70. The van der Waals surface area contributed by atoms with E-state index in [1.807, 2.05) is 6.92 Å². The van der Waals surface area contributed by atoms with Crippen LogP contribution in [0.5, 0.6) is 0 Å². The lowest BCUT2D eigenvalue weighted by Crippen LogP contribution is -2.40. The third-order valence-electron chi connectivity index (χ3n) is 2.97. The number of hydrogen-bond donors (Lipinski definition) is 2. The molecule has 1 aliphatic rings. The second-order valence-corrected chi connectivity index (χ2v) is 8.37. The molecule has 0 aliphatic carbocycles. The molecule has 0 aromatic carbocycles. The fourth-order valence-corrected chi connectivity index (χ4v) is 4.73. The van der Waals surface area contributed by atoms with Crippen LogP contribution in [0.4, 0.5) is 5.69 Å². The van der Waals surface area contributed by atoms with E-state index in [9.17, 15) is 8.42 Å². The summed E-state index contributed by atoms with van der Waals surface area (Å²) in [7, 11) is -3.55. The third kappa shape index (κ3) is 3.65. The molecule has 0 bridgehead atoms. The largest absolute Gasteiger partial charge is 0.324 e. The molecule has 0 amide bonds. The first-order chi connectivity index (χ1) is 9.42. The quantitative estimate of drug-likeness (QED) is 0.810. The van der Waals surface area contributed by atoms with E-state index in [0.717, 1.165) is 30.6 Å². The number of rotatable bonds is 5. The topological polar surface area (TPSA) is 70.6 Å². The van der Waals surface area contributed by atoms with Crippen molar-refractivity contribution >= 4 is 44.6 Å². The Labute approximate surface area is 128 Å². The number of fused-ring (bicyclic) bond motifs is 1. The van der Waals surface area contributed by atoms with E-state index >= 15 is 0 Å². The van der Waals surface area contributed by atoms with Crippen molar-refractivity contribution in [2.45, 2.75) is 49.8 Å². The lowest BCUT2D eigenvalue weighted by molar-refractivity contribution is 0.586. The fraction of sp³-hybridized carbons (Fsp3) is 0.583. The molecule has 0 spiro atoms. The first-order valence-corrected chi connectivity index (χ1v) is 9.27. The number of guanidine groups is 1. The number of nitrogens with one attached hydrogen (secondary N) is 2. The normalized spacial score (nSPS) is 20.1. The van der Waals surface area contributed by atoms with Crippen molar-refractivity contribution < 1.29 is 8.42 Å². The monoisotopic (exact) mass is 335 g/mol. The van der Waals surface area contributed by atoms with Crippen LogP contribution in [0.3, 0.4) is 0 Å². The van der Waals surface area contributed by atoms with Gasteiger partial charge in [0.1, 0.15) is 0 Å². The van der Waals surface area contributed by atoms with Crippen molar-refractivity contribution in [1.29, 1.82) is 0 Å². The molecule has 8 heteroatoms. The first-order valence-electron chi connectivity index (χ1n) is 6.59.